The summed E-state index contributed by atoms with van der Waals surface area (Å²) in [4.78, 5) is 0. The fourth-order valence-electron chi connectivity index (χ4n) is 1.32. The van der Waals surface area contributed by atoms with Crippen LogP contribution in [-0.4, -0.2) is 18.3 Å². The first-order valence-electron chi connectivity index (χ1n) is 5.09. The molecule has 0 aliphatic carbocycles. The van der Waals surface area contributed by atoms with Gasteiger partial charge in [-0.1, -0.05) is 19.1 Å². The molecule has 1 atom stereocenters. The molecular formula is C12H15NO3. The number of benzene rings is 1. The molecule has 86 valence electrons. The van der Waals surface area contributed by atoms with Crippen molar-refractivity contribution in [2.75, 3.05) is 7.11 Å². The van der Waals surface area contributed by atoms with Crippen molar-refractivity contribution in [2.45, 2.75) is 26.1 Å². The van der Waals surface area contributed by atoms with Crippen LogP contribution in [0.2, 0.25) is 0 Å². The Hall–Kier alpha value is -1.73. The van der Waals surface area contributed by atoms with Crippen molar-refractivity contribution in [3.8, 4) is 17.6 Å². The normalized spacial score (nSPS) is 11.6. The zero-order chi connectivity index (χ0) is 12.0. The Morgan fingerprint density at radius 2 is 2.25 bits per heavy atom. The highest BCUT2D eigenvalue weighted by atomic mass is 16.5. The molecule has 0 saturated heterocycles. The average molecular weight is 221 g/mol. The highest BCUT2D eigenvalue weighted by Crippen LogP contribution is 2.32. The van der Waals surface area contributed by atoms with E-state index in [0.29, 0.717) is 23.5 Å². The summed E-state index contributed by atoms with van der Waals surface area (Å²) in [6.07, 6.45) is 0.0565. The van der Waals surface area contributed by atoms with E-state index in [-0.39, 0.29) is 6.61 Å². The van der Waals surface area contributed by atoms with Crippen molar-refractivity contribution in [2.24, 2.45) is 0 Å². The van der Waals surface area contributed by atoms with Crippen LogP contribution in [0.5, 0.6) is 11.5 Å². The molecule has 0 saturated carbocycles. The Balaban J connectivity index is 3.04. The summed E-state index contributed by atoms with van der Waals surface area (Å²) in [6.45, 7) is 1.72. The van der Waals surface area contributed by atoms with Crippen LogP contribution in [0.25, 0.3) is 0 Å². The third-order valence-corrected chi connectivity index (χ3v) is 2.23. The van der Waals surface area contributed by atoms with Gasteiger partial charge in [-0.25, -0.2) is 0 Å². The number of para-hydroxylation sites is 1. The fourth-order valence-corrected chi connectivity index (χ4v) is 1.32. The van der Waals surface area contributed by atoms with Gasteiger partial charge in [-0.15, -0.1) is 0 Å². The van der Waals surface area contributed by atoms with E-state index in [1.165, 1.54) is 7.11 Å². The van der Waals surface area contributed by atoms with Crippen LogP contribution in [0, 0.1) is 11.3 Å². The SMILES string of the molecule is CCC(C#N)Oc1c(CO)cccc1OC. The molecule has 1 rings (SSSR count). The first-order valence-corrected chi connectivity index (χ1v) is 5.09. The first-order chi connectivity index (χ1) is 7.76. The predicted molar refractivity (Wildman–Crippen MR) is 59.2 cm³/mol. The summed E-state index contributed by atoms with van der Waals surface area (Å²) >= 11 is 0. The summed E-state index contributed by atoms with van der Waals surface area (Å²) in [5.74, 6) is 0.973. The topological polar surface area (TPSA) is 62.5 Å². The van der Waals surface area contributed by atoms with Gasteiger partial charge >= 0.3 is 0 Å². The van der Waals surface area contributed by atoms with Crippen molar-refractivity contribution >= 4 is 0 Å². The van der Waals surface area contributed by atoms with E-state index < -0.39 is 6.10 Å². The summed E-state index contributed by atoms with van der Waals surface area (Å²) < 4.78 is 10.6. The van der Waals surface area contributed by atoms with Crippen LogP contribution in [0.3, 0.4) is 0 Å². The van der Waals surface area contributed by atoms with E-state index in [4.69, 9.17) is 14.7 Å². The van der Waals surface area contributed by atoms with Gasteiger partial charge in [-0.2, -0.15) is 5.26 Å². The van der Waals surface area contributed by atoms with E-state index in [9.17, 15) is 5.11 Å². The number of ether oxygens (including phenoxy) is 2. The zero-order valence-electron chi connectivity index (χ0n) is 9.43. The van der Waals surface area contributed by atoms with E-state index in [1.54, 1.807) is 18.2 Å². The minimum atomic E-state index is -0.526. The lowest BCUT2D eigenvalue weighted by Crippen LogP contribution is -2.14. The van der Waals surface area contributed by atoms with E-state index >= 15 is 0 Å². The van der Waals surface area contributed by atoms with E-state index in [0.717, 1.165) is 0 Å². The van der Waals surface area contributed by atoms with Crippen LogP contribution in [0.1, 0.15) is 18.9 Å². The molecule has 16 heavy (non-hydrogen) atoms. The molecule has 0 aliphatic rings. The van der Waals surface area contributed by atoms with Gasteiger partial charge in [-0.05, 0) is 12.5 Å². The number of rotatable bonds is 5. The smallest absolute Gasteiger partial charge is 0.184 e. The molecule has 1 N–H and O–H groups in total. The standard InChI is InChI=1S/C12H15NO3/c1-3-10(7-13)16-12-9(8-14)5-4-6-11(12)15-2/h4-6,10,14H,3,8H2,1-2H3. The van der Waals surface area contributed by atoms with Crippen LogP contribution < -0.4 is 9.47 Å². The lowest BCUT2D eigenvalue weighted by atomic mass is 10.2. The number of hydrogen-bond acceptors (Lipinski definition) is 4. The maximum absolute atomic E-state index is 9.18. The molecule has 0 spiro atoms. The molecule has 1 aromatic carbocycles. The molecule has 1 aromatic rings. The summed E-state index contributed by atoms with van der Waals surface area (Å²) in [5, 5.41) is 18.0. The monoisotopic (exact) mass is 221 g/mol. The van der Waals surface area contributed by atoms with E-state index in [1.807, 2.05) is 13.0 Å². The molecule has 0 aliphatic heterocycles. The minimum absolute atomic E-state index is 0.144. The largest absolute Gasteiger partial charge is 0.493 e. The predicted octanol–water partition coefficient (Wildman–Crippen LogP) is 1.87. The highest BCUT2D eigenvalue weighted by Gasteiger charge is 2.14. The Labute approximate surface area is 95.0 Å². The van der Waals surface area contributed by atoms with Crippen molar-refractivity contribution in [1.82, 2.24) is 0 Å². The Bertz CT molecular complexity index is 362. The molecule has 0 aromatic heterocycles. The molecule has 0 amide bonds. The summed E-state index contributed by atoms with van der Waals surface area (Å²) in [6, 6.07) is 7.28. The van der Waals surface area contributed by atoms with Gasteiger partial charge in [0, 0.05) is 5.56 Å². The Morgan fingerprint density at radius 3 is 2.75 bits per heavy atom. The Kier molecular flexibility index (Phi) is 4.62. The number of aliphatic hydroxyl groups excluding tert-OH is 1. The van der Waals surface area contributed by atoms with Crippen LogP contribution in [0.15, 0.2) is 18.2 Å². The average Bonchev–Trinajstić information content (AvgIpc) is 2.35. The van der Waals surface area contributed by atoms with Gasteiger partial charge in [0.15, 0.2) is 17.6 Å². The second-order valence-electron chi connectivity index (χ2n) is 3.25. The molecule has 4 heteroatoms. The lowest BCUT2D eigenvalue weighted by Gasteiger charge is -2.16. The van der Waals surface area contributed by atoms with Crippen molar-refractivity contribution in [3.05, 3.63) is 23.8 Å². The number of nitriles is 1. The Morgan fingerprint density at radius 1 is 1.50 bits per heavy atom. The van der Waals surface area contributed by atoms with Crippen LogP contribution in [-0.2, 0) is 6.61 Å². The number of aliphatic hydroxyl groups is 1. The molecule has 0 fully saturated rings. The molecular weight excluding hydrogens is 206 g/mol. The summed E-state index contributed by atoms with van der Waals surface area (Å²) in [5.41, 5.74) is 0.619. The molecule has 0 radical (unpaired) electrons. The number of hydrogen-bond donors (Lipinski definition) is 1. The molecule has 4 nitrogen and oxygen atoms in total. The van der Waals surface area contributed by atoms with Crippen molar-refractivity contribution in [3.63, 3.8) is 0 Å². The summed E-state index contributed by atoms with van der Waals surface area (Å²) in [7, 11) is 1.52. The zero-order valence-corrected chi connectivity index (χ0v) is 9.43. The van der Waals surface area contributed by atoms with Gasteiger partial charge < -0.3 is 14.6 Å². The van der Waals surface area contributed by atoms with Crippen molar-refractivity contribution in [1.29, 1.82) is 5.26 Å². The van der Waals surface area contributed by atoms with E-state index in [2.05, 4.69) is 0 Å². The molecule has 0 heterocycles. The molecule has 0 bridgehead atoms. The second-order valence-corrected chi connectivity index (χ2v) is 3.25. The van der Waals surface area contributed by atoms with Crippen LogP contribution in [0.4, 0.5) is 0 Å². The number of nitrogens with zero attached hydrogens (tertiary/aromatic N) is 1. The van der Waals surface area contributed by atoms with Gasteiger partial charge in [0.25, 0.3) is 0 Å². The second kappa shape index (κ2) is 5.99. The maximum Gasteiger partial charge on any atom is 0.184 e. The fraction of sp³-hybridized carbons (Fsp3) is 0.417. The lowest BCUT2D eigenvalue weighted by molar-refractivity contribution is 0.222. The van der Waals surface area contributed by atoms with Gasteiger partial charge in [-0.3, -0.25) is 0 Å². The minimum Gasteiger partial charge on any atom is -0.493 e. The first kappa shape index (κ1) is 12.3. The van der Waals surface area contributed by atoms with Crippen molar-refractivity contribution < 1.29 is 14.6 Å². The maximum atomic E-state index is 9.18. The molecule has 1 unspecified atom stereocenters. The van der Waals surface area contributed by atoms with Gasteiger partial charge in [0.05, 0.1) is 13.7 Å². The third-order valence-electron chi connectivity index (χ3n) is 2.23. The third kappa shape index (κ3) is 2.65. The van der Waals surface area contributed by atoms with Gasteiger partial charge in [0.1, 0.15) is 6.07 Å². The highest BCUT2D eigenvalue weighted by molar-refractivity contribution is 5.46. The van der Waals surface area contributed by atoms with Crippen LogP contribution >= 0.6 is 0 Å². The quantitative estimate of drug-likeness (QED) is 0.824. The number of methoxy groups -OCH3 is 1. The van der Waals surface area contributed by atoms with Gasteiger partial charge in [0.2, 0.25) is 0 Å².